The number of benzene rings is 3. The molecular formula is C28H27N3O4S. The van der Waals surface area contributed by atoms with Gasteiger partial charge in [-0.3, -0.25) is 14.4 Å². The molecule has 0 bridgehead atoms. The van der Waals surface area contributed by atoms with Crippen LogP contribution in [-0.4, -0.2) is 54.6 Å². The summed E-state index contributed by atoms with van der Waals surface area (Å²) in [5, 5.41) is 5.96. The van der Waals surface area contributed by atoms with Crippen molar-refractivity contribution in [1.82, 2.24) is 10.2 Å². The zero-order valence-electron chi connectivity index (χ0n) is 20.1. The Labute approximate surface area is 214 Å². The lowest BCUT2D eigenvalue weighted by Crippen LogP contribution is -2.55. The molecule has 5 rings (SSSR count). The molecule has 0 saturated carbocycles. The van der Waals surface area contributed by atoms with Crippen LogP contribution in [0.4, 0.5) is 5.69 Å². The highest BCUT2D eigenvalue weighted by Crippen LogP contribution is 2.32. The molecule has 1 saturated heterocycles. The first-order valence-corrected chi connectivity index (χ1v) is 13.0. The van der Waals surface area contributed by atoms with E-state index in [1.165, 1.54) is 4.90 Å². The monoisotopic (exact) mass is 501 g/mol. The first-order valence-electron chi connectivity index (χ1n) is 11.8. The second-order valence-corrected chi connectivity index (χ2v) is 9.80. The van der Waals surface area contributed by atoms with Gasteiger partial charge in [0.25, 0.3) is 11.8 Å². The Hall–Kier alpha value is -3.78. The van der Waals surface area contributed by atoms with Gasteiger partial charge in [0.05, 0.1) is 18.4 Å². The number of carbonyl (C=O) groups excluding carboxylic acids is 3. The van der Waals surface area contributed by atoms with Gasteiger partial charge < -0.3 is 20.3 Å². The van der Waals surface area contributed by atoms with E-state index in [0.29, 0.717) is 42.0 Å². The van der Waals surface area contributed by atoms with Crippen molar-refractivity contribution in [3.63, 3.8) is 0 Å². The first kappa shape index (κ1) is 23.9. The normalized spacial score (nSPS) is 19.0. The third-order valence-electron chi connectivity index (χ3n) is 6.78. The van der Waals surface area contributed by atoms with E-state index in [1.54, 1.807) is 54.1 Å². The molecule has 0 unspecified atom stereocenters. The number of hydrogen-bond donors (Lipinski definition) is 2. The van der Waals surface area contributed by atoms with Crippen molar-refractivity contribution in [3.05, 3.63) is 77.9 Å². The Morgan fingerprint density at radius 2 is 1.75 bits per heavy atom. The molecule has 184 valence electrons. The lowest BCUT2D eigenvalue weighted by molar-refractivity contribution is -0.121. The minimum atomic E-state index is -0.649. The maximum absolute atomic E-state index is 13.5. The van der Waals surface area contributed by atoms with E-state index in [4.69, 9.17) is 4.74 Å². The Balaban J connectivity index is 1.33. The van der Waals surface area contributed by atoms with E-state index in [2.05, 4.69) is 22.8 Å². The van der Waals surface area contributed by atoms with E-state index in [9.17, 15) is 14.4 Å². The maximum Gasteiger partial charge on any atom is 0.256 e. The zero-order valence-corrected chi connectivity index (χ0v) is 20.9. The smallest absolute Gasteiger partial charge is 0.256 e. The van der Waals surface area contributed by atoms with Crippen LogP contribution in [0.3, 0.4) is 0 Å². The van der Waals surface area contributed by atoms with Crippen molar-refractivity contribution >= 4 is 35.2 Å². The second kappa shape index (κ2) is 10.1. The number of carbonyl (C=O) groups is 3. The first-order chi connectivity index (χ1) is 17.5. The highest BCUT2D eigenvalue weighted by molar-refractivity contribution is 7.98. The number of nitrogens with one attached hydrogen (secondary N) is 2. The lowest BCUT2D eigenvalue weighted by Gasteiger charge is -2.37. The van der Waals surface area contributed by atoms with Crippen LogP contribution in [0.1, 0.15) is 33.6 Å². The number of piperidine rings is 1. The molecule has 0 radical (unpaired) electrons. The number of anilines is 1. The van der Waals surface area contributed by atoms with Gasteiger partial charge in [0.15, 0.2) is 0 Å². The van der Waals surface area contributed by atoms with Crippen LogP contribution in [-0.2, 0) is 4.79 Å². The molecule has 0 aliphatic carbocycles. The quantitative estimate of drug-likeness (QED) is 0.505. The summed E-state index contributed by atoms with van der Waals surface area (Å²) >= 11 is 1.68. The maximum atomic E-state index is 13.5. The number of rotatable bonds is 5. The van der Waals surface area contributed by atoms with Gasteiger partial charge in [0.2, 0.25) is 5.91 Å². The van der Waals surface area contributed by atoms with Gasteiger partial charge in [0, 0.05) is 23.0 Å². The van der Waals surface area contributed by atoms with Crippen molar-refractivity contribution in [2.75, 3.05) is 25.2 Å². The van der Waals surface area contributed by atoms with Gasteiger partial charge in [-0.2, -0.15) is 0 Å². The minimum absolute atomic E-state index is 0.170. The highest BCUT2D eigenvalue weighted by Gasteiger charge is 2.40. The molecule has 0 spiro atoms. The molecule has 1 fully saturated rings. The molecule has 3 amide bonds. The third kappa shape index (κ3) is 4.68. The lowest BCUT2D eigenvalue weighted by atomic mass is 9.95. The predicted molar refractivity (Wildman–Crippen MR) is 141 cm³/mol. The Bertz CT molecular complexity index is 1310. The van der Waals surface area contributed by atoms with Crippen molar-refractivity contribution in [2.45, 2.75) is 29.8 Å². The predicted octanol–water partition coefficient (Wildman–Crippen LogP) is 4.44. The van der Waals surface area contributed by atoms with E-state index >= 15 is 0 Å². The fourth-order valence-electron chi connectivity index (χ4n) is 4.76. The Morgan fingerprint density at radius 1 is 1.03 bits per heavy atom. The number of nitrogens with zero attached hydrogens (tertiary/aromatic N) is 1. The van der Waals surface area contributed by atoms with Crippen LogP contribution >= 0.6 is 11.8 Å². The van der Waals surface area contributed by atoms with Crippen molar-refractivity contribution in [3.8, 4) is 16.9 Å². The van der Waals surface area contributed by atoms with Gasteiger partial charge >= 0.3 is 0 Å². The van der Waals surface area contributed by atoms with E-state index in [-0.39, 0.29) is 23.8 Å². The van der Waals surface area contributed by atoms with Gasteiger partial charge in [-0.25, -0.2) is 0 Å². The molecule has 8 heteroatoms. The van der Waals surface area contributed by atoms with E-state index in [1.807, 2.05) is 30.5 Å². The number of ether oxygens (including phenoxy) is 1. The summed E-state index contributed by atoms with van der Waals surface area (Å²) in [4.78, 5) is 42.2. The summed E-state index contributed by atoms with van der Waals surface area (Å²) in [5.74, 6) is 0.0588. The van der Waals surface area contributed by atoms with Crippen LogP contribution in [0.2, 0.25) is 0 Å². The molecule has 2 heterocycles. The molecule has 36 heavy (non-hydrogen) atoms. The largest absolute Gasteiger partial charge is 0.497 e. The number of amides is 3. The number of hydrogen-bond acceptors (Lipinski definition) is 5. The van der Waals surface area contributed by atoms with Crippen LogP contribution in [0.5, 0.6) is 5.75 Å². The third-order valence-corrected chi connectivity index (χ3v) is 7.53. The molecule has 2 aliphatic rings. The number of fused-ring (bicyclic) bond motifs is 2. The molecule has 2 atom stereocenters. The fourth-order valence-corrected chi connectivity index (χ4v) is 5.17. The standard InChI is InChI=1S/C28H27N3O4S/c1-35-21-8-3-18(4-9-21)26(32)29-20-13-14-31-25(16-20)27(33)30-24-12-7-19(15-23(24)28(31)34)17-5-10-22(36-2)11-6-17/h3-12,15,20,25H,13-14,16H2,1-2H3,(H,29,32)(H,30,33)/t20-,25+/m1/s1. The molecule has 3 aromatic rings. The Morgan fingerprint density at radius 3 is 2.44 bits per heavy atom. The van der Waals surface area contributed by atoms with E-state index < -0.39 is 6.04 Å². The van der Waals surface area contributed by atoms with Crippen molar-refractivity contribution in [1.29, 1.82) is 0 Å². The summed E-state index contributed by atoms with van der Waals surface area (Å²) < 4.78 is 5.15. The van der Waals surface area contributed by atoms with Gasteiger partial charge in [0.1, 0.15) is 11.8 Å². The second-order valence-electron chi connectivity index (χ2n) is 8.92. The summed E-state index contributed by atoms with van der Waals surface area (Å²) in [5.41, 5.74) is 3.45. The van der Waals surface area contributed by atoms with Crippen LogP contribution in [0, 0.1) is 0 Å². The fraction of sp³-hybridized carbons (Fsp3) is 0.250. The zero-order chi connectivity index (χ0) is 25.2. The molecule has 0 aromatic heterocycles. The summed E-state index contributed by atoms with van der Waals surface area (Å²) in [6, 6.07) is 19.7. The molecule has 2 aliphatic heterocycles. The van der Waals surface area contributed by atoms with Crippen molar-refractivity contribution in [2.24, 2.45) is 0 Å². The van der Waals surface area contributed by atoms with Crippen molar-refractivity contribution < 1.29 is 19.1 Å². The number of thioether (sulfide) groups is 1. The molecule has 3 aromatic carbocycles. The van der Waals surface area contributed by atoms with Crippen LogP contribution in [0.15, 0.2) is 71.6 Å². The summed E-state index contributed by atoms with van der Waals surface area (Å²) in [7, 11) is 1.57. The van der Waals surface area contributed by atoms with Crippen LogP contribution in [0.25, 0.3) is 11.1 Å². The summed E-state index contributed by atoms with van der Waals surface area (Å²) in [6.07, 6.45) is 2.96. The van der Waals surface area contributed by atoms with Gasteiger partial charge in [-0.1, -0.05) is 18.2 Å². The van der Waals surface area contributed by atoms with Crippen LogP contribution < -0.4 is 15.4 Å². The average molecular weight is 502 g/mol. The molecule has 7 nitrogen and oxygen atoms in total. The average Bonchev–Trinajstić information content (AvgIpc) is 3.02. The number of methoxy groups -OCH3 is 1. The summed E-state index contributed by atoms with van der Waals surface area (Å²) in [6.45, 7) is 0.385. The van der Waals surface area contributed by atoms with Gasteiger partial charge in [-0.05, 0) is 78.8 Å². The van der Waals surface area contributed by atoms with Gasteiger partial charge in [-0.15, -0.1) is 11.8 Å². The minimum Gasteiger partial charge on any atom is -0.497 e. The molecular weight excluding hydrogens is 474 g/mol. The SMILES string of the molecule is COc1ccc(C(=O)N[C@@H]2CCN3C(=O)c4cc(-c5ccc(SC)cc5)ccc4NC(=O)[C@@H]3C2)cc1. The molecule has 2 N–H and O–H groups in total. The highest BCUT2D eigenvalue weighted by atomic mass is 32.2. The topological polar surface area (TPSA) is 87.7 Å². The Kier molecular flexibility index (Phi) is 6.69. The van der Waals surface area contributed by atoms with E-state index in [0.717, 1.165) is 11.1 Å².